The van der Waals surface area contributed by atoms with Crippen molar-refractivity contribution in [3.05, 3.63) is 51.8 Å². The first-order chi connectivity index (χ1) is 9.55. The summed E-state index contributed by atoms with van der Waals surface area (Å²) >= 11 is 5.95. The number of anilines is 2. The summed E-state index contributed by atoms with van der Waals surface area (Å²) in [5.41, 5.74) is 3.56. The molecule has 0 spiro atoms. The van der Waals surface area contributed by atoms with Gasteiger partial charge in [0.25, 0.3) is 0 Å². The van der Waals surface area contributed by atoms with Crippen molar-refractivity contribution in [1.82, 2.24) is 4.98 Å². The normalized spacial score (nSPS) is 9.65. The van der Waals surface area contributed by atoms with Crippen LogP contribution in [0.25, 0.3) is 0 Å². The van der Waals surface area contributed by atoms with E-state index in [-0.39, 0.29) is 0 Å². The number of halogens is 1. The van der Waals surface area contributed by atoms with Gasteiger partial charge in [-0.05, 0) is 38.1 Å². The molecule has 1 aromatic carbocycles. The van der Waals surface area contributed by atoms with Crippen LogP contribution in [0.1, 0.15) is 22.5 Å². The molecule has 0 radical (unpaired) electrons. The van der Waals surface area contributed by atoms with Gasteiger partial charge in [0.1, 0.15) is 12.1 Å². The lowest BCUT2D eigenvalue weighted by molar-refractivity contribution is 1.11. The fourth-order valence-corrected chi connectivity index (χ4v) is 2.10. The number of aryl methyl sites for hydroxylation is 2. The molecule has 0 fully saturated rings. The van der Waals surface area contributed by atoms with Gasteiger partial charge in [-0.1, -0.05) is 11.6 Å². The number of hydrogen-bond acceptors (Lipinski definition) is 4. The Morgan fingerprint density at radius 1 is 1.10 bits per heavy atom. The monoisotopic (exact) mass is 282 g/mol. The summed E-state index contributed by atoms with van der Waals surface area (Å²) in [6, 6.07) is 10.9. The topological polar surface area (TPSA) is 72.5 Å². The van der Waals surface area contributed by atoms with Gasteiger partial charge in [-0.2, -0.15) is 10.5 Å². The van der Waals surface area contributed by atoms with Crippen LogP contribution >= 0.6 is 11.6 Å². The number of aromatic nitrogens is 1. The summed E-state index contributed by atoms with van der Waals surface area (Å²) in [7, 11) is 0. The van der Waals surface area contributed by atoms with Crippen LogP contribution in [0.5, 0.6) is 0 Å². The Morgan fingerprint density at radius 2 is 1.85 bits per heavy atom. The summed E-state index contributed by atoms with van der Waals surface area (Å²) in [6.45, 7) is 3.63. The molecule has 4 nitrogen and oxygen atoms in total. The van der Waals surface area contributed by atoms with E-state index in [1.807, 2.05) is 6.92 Å². The third kappa shape index (κ3) is 2.71. The van der Waals surface area contributed by atoms with Gasteiger partial charge in [-0.15, -0.1) is 0 Å². The first kappa shape index (κ1) is 13.9. The second kappa shape index (κ2) is 5.61. The zero-order chi connectivity index (χ0) is 14.7. The molecule has 0 aliphatic heterocycles. The summed E-state index contributed by atoms with van der Waals surface area (Å²) in [6.07, 6.45) is 0. The number of nitriles is 2. The van der Waals surface area contributed by atoms with E-state index in [1.54, 1.807) is 31.2 Å². The maximum absolute atomic E-state index is 9.23. The Morgan fingerprint density at radius 3 is 2.50 bits per heavy atom. The molecule has 0 aliphatic rings. The van der Waals surface area contributed by atoms with Crippen LogP contribution in [-0.4, -0.2) is 4.98 Å². The molecule has 0 saturated heterocycles. The zero-order valence-corrected chi connectivity index (χ0v) is 11.8. The van der Waals surface area contributed by atoms with Crippen molar-refractivity contribution < 1.29 is 0 Å². The van der Waals surface area contributed by atoms with E-state index in [0.717, 1.165) is 5.69 Å². The molecule has 1 heterocycles. The molecule has 0 atom stereocenters. The van der Waals surface area contributed by atoms with Crippen molar-refractivity contribution in [1.29, 1.82) is 10.5 Å². The SMILES string of the molecule is Cc1cc(Nc2cc(Cl)ccc2C#N)c(C#N)c(C)n1. The van der Waals surface area contributed by atoms with Gasteiger partial charge in [-0.3, -0.25) is 4.98 Å². The second-order valence-corrected chi connectivity index (χ2v) is 4.75. The number of pyridine rings is 1. The molecule has 20 heavy (non-hydrogen) atoms. The van der Waals surface area contributed by atoms with Crippen molar-refractivity contribution >= 4 is 23.0 Å². The number of hydrogen-bond donors (Lipinski definition) is 1. The molecule has 0 bridgehead atoms. The third-order valence-corrected chi connectivity index (χ3v) is 3.05. The van der Waals surface area contributed by atoms with E-state index in [2.05, 4.69) is 22.4 Å². The predicted molar refractivity (Wildman–Crippen MR) is 77.9 cm³/mol. The maximum atomic E-state index is 9.23. The Labute approximate surface area is 122 Å². The van der Waals surface area contributed by atoms with Gasteiger partial charge in [0.05, 0.1) is 28.2 Å². The average molecular weight is 283 g/mol. The Hall–Kier alpha value is -2.56. The van der Waals surface area contributed by atoms with Crippen molar-refractivity contribution in [2.24, 2.45) is 0 Å². The van der Waals surface area contributed by atoms with E-state index in [4.69, 9.17) is 16.9 Å². The van der Waals surface area contributed by atoms with Gasteiger partial charge in [0.2, 0.25) is 0 Å². The Balaban J connectivity index is 2.54. The van der Waals surface area contributed by atoms with E-state index in [1.165, 1.54) is 0 Å². The number of nitrogens with one attached hydrogen (secondary N) is 1. The predicted octanol–water partition coefficient (Wildman–Crippen LogP) is 3.84. The highest BCUT2D eigenvalue weighted by molar-refractivity contribution is 6.30. The lowest BCUT2D eigenvalue weighted by Gasteiger charge is -2.12. The van der Waals surface area contributed by atoms with Crippen LogP contribution in [-0.2, 0) is 0 Å². The molecule has 5 heteroatoms. The molecule has 1 N–H and O–H groups in total. The van der Waals surface area contributed by atoms with Gasteiger partial charge in [0, 0.05) is 10.7 Å². The lowest BCUT2D eigenvalue weighted by Crippen LogP contribution is -2.01. The molecule has 0 unspecified atom stereocenters. The highest BCUT2D eigenvalue weighted by Gasteiger charge is 2.10. The molecule has 2 rings (SSSR count). The Bertz CT molecular complexity index is 754. The van der Waals surface area contributed by atoms with Gasteiger partial charge < -0.3 is 5.32 Å². The number of benzene rings is 1. The molecule has 2 aromatic rings. The minimum atomic E-state index is 0.458. The molecule has 0 saturated carbocycles. The fraction of sp³-hybridized carbons (Fsp3) is 0.133. The van der Waals surface area contributed by atoms with Crippen LogP contribution in [0.3, 0.4) is 0 Å². The summed E-state index contributed by atoms with van der Waals surface area (Å²) in [5.74, 6) is 0. The van der Waals surface area contributed by atoms with Gasteiger partial charge >= 0.3 is 0 Å². The molecule has 1 aromatic heterocycles. The second-order valence-electron chi connectivity index (χ2n) is 4.31. The summed E-state index contributed by atoms with van der Waals surface area (Å²) in [4.78, 5) is 4.25. The molecule has 98 valence electrons. The van der Waals surface area contributed by atoms with E-state index >= 15 is 0 Å². The van der Waals surface area contributed by atoms with Crippen molar-refractivity contribution in [3.8, 4) is 12.1 Å². The molecular formula is C15H11ClN4. The molecule has 0 aliphatic carbocycles. The highest BCUT2D eigenvalue weighted by atomic mass is 35.5. The summed E-state index contributed by atoms with van der Waals surface area (Å²) < 4.78 is 0. The van der Waals surface area contributed by atoms with Gasteiger partial charge in [-0.25, -0.2) is 0 Å². The number of nitrogens with zero attached hydrogens (tertiary/aromatic N) is 3. The third-order valence-electron chi connectivity index (χ3n) is 2.81. The minimum Gasteiger partial charge on any atom is -0.353 e. The van der Waals surface area contributed by atoms with E-state index in [9.17, 15) is 5.26 Å². The number of rotatable bonds is 2. The summed E-state index contributed by atoms with van der Waals surface area (Å²) in [5, 5.41) is 22.0. The van der Waals surface area contributed by atoms with Crippen LogP contribution in [0.15, 0.2) is 24.3 Å². The first-order valence-corrected chi connectivity index (χ1v) is 6.28. The van der Waals surface area contributed by atoms with Crippen LogP contribution in [0, 0.1) is 36.5 Å². The minimum absolute atomic E-state index is 0.458. The maximum Gasteiger partial charge on any atom is 0.103 e. The largest absolute Gasteiger partial charge is 0.353 e. The lowest BCUT2D eigenvalue weighted by atomic mass is 10.1. The highest BCUT2D eigenvalue weighted by Crippen LogP contribution is 2.27. The van der Waals surface area contributed by atoms with Crippen molar-refractivity contribution in [2.45, 2.75) is 13.8 Å². The fourth-order valence-electron chi connectivity index (χ4n) is 1.93. The van der Waals surface area contributed by atoms with Crippen molar-refractivity contribution in [3.63, 3.8) is 0 Å². The van der Waals surface area contributed by atoms with E-state index < -0.39 is 0 Å². The first-order valence-electron chi connectivity index (χ1n) is 5.90. The quantitative estimate of drug-likeness (QED) is 0.908. The smallest absolute Gasteiger partial charge is 0.103 e. The molecule has 0 amide bonds. The standard InChI is InChI=1S/C15H11ClN4/c1-9-5-15(13(8-18)10(2)19-9)20-14-6-12(16)4-3-11(14)7-17/h3-6H,1-2H3,(H,19,20). The van der Waals surface area contributed by atoms with Crippen LogP contribution in [0.4, 0.5) is 11.4 Å². The van der Waals surface area contributed by atoms with Crippen LogP contribution in [0.2, 0.25) is 5.02 Å². The Kier molecular flexibility index (Phi) is 3.89. The van der Waals surface area contributed by atoms with Crippen molar-refractivity contribution in [2.75, 3.05) is 5.32 Å². The molecular weight excluding hydrogens is 272 g/mol. The van der Waals surface area contributed by atoms with Crippen LogP contribution < -0.4 is 5.32 Å². The zero-order valence-electron chi connectivity index (χ0n) is 11.0. The van der Waals surface area contributed by atoms with E-state index in [0.29, 0.717) is 33.2 Å². The van der Waals surface area contributed by atoms with Gasteiger partial charge in [0.15, 0.2) is 0 Å². The average Bonchev–Trinajstić information content (AvgIpc) is 2.38.